The lowest BCUT2D eigenvalue weighted by Crippen LogP contribution is -2.44. The van der Waals surface area contributed by atoms with Crippen LogP contribution in [0.2, 0.25) is 0 Å². The SMILES string of the molecule is CCCCCCCCCC[C@H](O)C(=O)N(C)CCN(C)C(=O)[C@@H](O)CCCCCCCCCCCCC1=C[C@H](C)OC1=O. The van der Waals surface area contributed by atoms with Gasteiger partial charge in [-0.2, -0.15) is 0 Å². The van der Waals surface area contributed by atoms with Crippen molar-refractivity contribution in [1.82, 2.24) is 9.80 Å². The van der Waals surface area contributed by atoms with Crippen LogP contribution >= 0.6 is 0 Å². The van der Waals surface area contributed by atoms with Crippen molar-refractivity contribution in [2.45, 2.75) is 167 Å². The molecule has 250 valence electrons. The van der Waals surface area contributed by atoms with Gasteiger partial charge in [0, 0.05) is 32.8 Å². The van der Waals surface area contributed by atoms with Crippen LogP contribution in [0, 0.1) is 0 Å². The summed E-state index contributed by atoms with van der Waals surface area (Å²) in [5.74, 6) is -0.756. The van der Waals surface area contributed by atoms with E-state index in [0.29, 0.717) is 25.9 Å². The number of esters is 1. The Bertz CT molecular complexity index is 801. The molecule has 2 amide bonds. The van der Waals surface area contributed by atoms with Crippen LogP contribution in [0.4, 0.5) is 0 Å². The first-order valence-electron chi connectivity index (χ1n) is 17.4. The molecule has 1 aliphatic heterocycles. The van der Waals surface area contributed by atoms with E-state index >= 15 is 0 Å². The Hall–Kier alpha value is -1.93. The van der Waals surface area contributed by atoms with Gasteiger partial charge in [-0.05, 0) is 38.7 Å². The average molecular weight is 609 g/mol. The molecule has 0 aromatic heterocycles. The Morgan fingerprint density at radius 3 is 1.44 bits per heavy atom. The van der Waals surface area contributed by atoms with Gasteiger partial charge in [0.25, 0.3) is 11.8 Å². The minimum Gasteiger partial charge on any atom is -0.455 e. The van der Waals surface area contributed by atoms with Crippen molar-refractivity contribution < 1.29 is 29.3 Å². The van der Waals surface area contributed by atoms with Gasteiger partial charge in [-0.1, -0.05) is 116 Å². The van der Waals surface area contributed by atoms with E-state index in [1.165, 1.54) is 74.0 Å². The van der Waals surface area contributed by atoms with Gasteiger partial charge < -0.3 is 24.7 Å². The number of likely N-dealkylation sites (N-methyl/N-ethyl adjacent to an activating group) is 2. The van der Waals surface area contributed by atoms with E-state index in [0.717, 1.165) is 63.4 Å². The summed E-state index contributed by atoms with van der Waals surface area (Å²) >= 11 is 0. The second-order valence-electron chi connectivity index (χ2n) is 12.7. The highest BCUT2D eigenvalue weighted by atomic mass is 16.5. The molecule has 1 heterocycles. The fourth-order valence-electron chi connectivity index (χ4n) is 5.63. The highest BCUT2D eigenvalue weighted by Gasteiger charge is 2.23. The quantitative estimate of drug-likeness (QED) is 0.0793. The van der Waals surface area contributed by atoms with Crippen molar-refractivity contribution in [3.8, 4) is 0 Å². The van der Waals surface area contributed by atoms with Crippen molar-refractivity contribution in [2.24, 2.45) is 0 Å². The zero-order valence-electron chi connectivity index (χ0n) is 28.0. The van der Waals surface area contributed by atoms with E-state index < -0.39 is 12.2 Å². The molecular weight excluding hydrogens is 544 g/mol. The first-order chi connectivity index (χ1) is 20.7. The smallest absolute Gasteiger partial charge is 0.334 e. The van der Waals surface area contributed by atoms with Crippen molar-refractivity contribution in [3.63, 3.8) is 0 Å². The van der Waals surface area contributed by atoms with Crippen molar-refractivity contribution in [1.29, 1.82) is 0 Å². The third-order valence-corrected chi connectivity index (χ3v) is 8.59. The third kappa shape index (κ3) is 18.5. The summed E-state index contributed by atoms with van der Waals surface area (Å²) in [6, 6.07) is 0. The maximum Gasteiger partial charge on any atom is 0.334 e. The molecule has 2 N–H and O–H groups in total. The molecule has 43 heavy (non-hydrogen) atoms. The molecule has 0 saturated carbocycles. The number of amides is 2. The second kappa shape index (κ2) is 24.4. The van der Waals surface area contributed by atoms with E-state index in [9.17, 15) is 24.6 Å². The van der Waals surface area contributed by atoms with E-state index in [1.807, 2.05) is 13.0 Å². The fourth-order valence-corrected chi connectivity index (χ4v) is 5.63. The molecule has 0 aromatic rings. The average Bonchev–Trinajstić information content (AvgIpc) is 3.32. The van der Waals surface area contributed by atoms with Gasteiger partial charge in [-0.3, -0.25) is 9.59 Å². The van der Waals surface area contributed by atoms with E-state index in [-0.39, 0.29) is 23.9 Å². The van der Waals surface area contributed by atoms with Gasteiger partial charge in [0.2, 0.25) is 0 Å². The molecule has 0 aliphatic carbocycles. The zero-order chi connectivity index (χ0) is 31.9. The lowest BCUT2D eigenvalue weighted by atomic mass is 10.0. The number of hydrogen-bond acceptors (Lipinski definition) is 6. The molecule has 8 heteroatoms. The monoisotopic (exact) mass is 608 g/mol. The minimum absolute atomic E-state index is 0.0710. The third-order valence-electron chi connectivity index (χ3n) is 8.59. The molecular formula is C35H64N2O6. The molecule has 0 unspecified atom stereocenters. The summed E-state index contributed by atoms with van der Waals surface area (Å²) in [6.45, 7) is 4.76. The number of nitrogens with zero attached hydrogens (tertiary/aromatic N) is 2. The number of carbonyl (C=O) groups is 3. The lowest BCUT2D eigenvalue weighted by Gasteiger charge is -2.25. The molecule has 8 nitrogen and oxygen atoms in total. The Balaban J connectivity index is 2.01. The second-order valence-corrected chi connectivity index (χ2v) is 12.7. The van der Waals surface area contributed by atoms with E-state index in [1.54, 1.807) is 14.1 Å². The number of ether oxygens (including phenoxy) is 1. The Morgan fingerprint density at radius 1 is 0.698 bits per heavy atom. The summed E-state index contributed by atoms with van der Waals surface area (Å²) in [5, 5.41) is 20.6. The molecule has 0 radical (unpaired) electrons. The van der Waals surface area contributed by atoms with Gasteiger partial charge in [0.05, 0.1) is 0 Å². The number of carbonyl (C=O) groups excluding carboxylic acids is 3. The maximum absolute atomic E-state index is 12.6. The van der Waals surface area contributed by atoms with Gasteiger partial charge in [0.1, 0.15) is 18.3 Å². The summed E-state index contributed by atoms with van der Waals surface area (Å²) in [5.41, 5.74) is 0.839. The predicted octanol–water partition coefficient (Wildman–Crippen LogP) is 6.71. The first kappa shape index (κ1) is 39.1. The van der Waals surface area contributed by atoms with Crippen molar-refractivity contribution in [2.75, 3.05) is 27.2 Å². The molecule has 0 saturated heterocycles. The van der Waals surface area contributed by atoms with Gasteiger partial charge in [0.15, 0.2) is 0 Å². The number of aliphatic hydroxyl groups excluding tert-OH is 2. The Labute approximate surface area is 262 Å². The molecule has 3 atom stereocenters. The summed E-state index contributed by atoms with van der Waals surface area (Å²) in [7, 11) is 3.31. The predicted molar refractivity (Wildman–Crippen MR) is 174 cm³/mol. The topological polar surface area (TPSA) is 107 Å². The number of hydrogen-bond donors (Lipinski definition) is 2. The number of cyclic esters (lactones) is 1. The largest absolute Gasteiger partial charge is 0.455 e. The molecule has 0 spiro atoms. The number of aliphatic hydroxyl groups is 2. The van der Waals surface area contributed by atoms with E-state index in [2.05, 4.69) is 6.92 Å². The molecule has 1 rings (SSSR count). The van der Waals surface area contributed by atoms with Crippen LogP contribution in [0.15, 0.2) is 11.6 Å². The summed E-state index contributed by atoms with van der Waals surface area (Å²) in [4.78, 5) is 39.6. The minimum atomic E-state index is -1.01. The van der Waals surface area contributed by atoms with E-state index in [4.69, 9.17) is 4.74 Å². The highest BCUT2D eigenvalue weighted by molar-refractivity contribution is 5.90. The van der Waals surface area contributed by atoms with Crippen LogP contribution in [0.3, 0.4) is 0 Å². The molecule has 0 aromatic carbocycles. The first-order valence-corrected chi connectivity index (χ1v) is 17.4. The highest BCUT2D eigenvalue weighted by Crippen LogP contribution is 2.20. The maximum atomic E-state index is 12.6. The van der Waals surface area contributed by atoms with Crippen molar-refractivity contribution in [3.05, 3.63) is 11.6 Å². The summed E-state index contributed by atoms with van der Waals surface area (Å²) < 4.78 is 5.13. The number of unbranched alkanes of at least 4 members (excludes halogenated alkanes) is 16. The van der Waals surface area contributed by atoms with Gasteiger partial charge >= 0.3 is 5.97 Å². The van der Waals surface area contributed by atoms with Crippen LogP contribution in [0.25, 0.3) is 0 Å². The van der Waals surface area contributed by atoms with Crippen LogP contribution < -0.4 is 0 Å². The van der Waals surface area contributed by atoms with Crippen LogP contribution in [-0.2, 0) is 19.1 Å². The van der Waals surface area contributed by atoms with Crippen LogP contribution in [0.5, 0.6) is 0 Å². The molecule has 0 fully saturated rings. The van der Waals surface area contributed by atoms with Gasteiger partial charge in [-0.15, -0.1) is 0 Å². The van der Waals surface area contributed by atoms with Crippen LogP contribution in [0.1, 0.15) is 149 Å². The lowest BCUT2D eigenvalue weighted by molar-refractivity contribution is -0.142. The van der Waals surface area contributed by atoms with Crippen molar-refractivity contribution >= 4 is 17.8 Å². The van der Waals surface area contributed by atoms with Gasteiger partial charge in [-0.25, -0.2) is 4.79 Å². The summed E-state index contributed by atoms with van der Waals surface area (Å²) in [6.07, 6.45) is 22.1. The normalized spacial score (nSPS) is 16.1. The Morgan fingerprint density at radius 2 is 1.07 bits per heavy atom. The zero-order valence-corrected chi connectivity index (χ0v) is 28.0. The molecule has 0 bridgehead atoms. The standard InChI is InChI=1S/C35H64N2O6/c1-5-6-7-8-9-15-18-21-24-31(38)33(40)36(3)26-27-37(4)34(41)32(39)25-22-19-16-13-11-10-12-14-17-20-23-30-28-29(2)43-35(30)42/h28-29,31-32,38-39H,5-27H2,1-4H3/t29-,31-,32-/m0/s1. The molecule has 1 aliphatic rings. The Kier molecular flexibility index (Phi) is 22.2. The number of rotatable bonds is 27. The van der Waals surface area contributed by atoms with Crippen LogP contribution in [-0.4, -0.2) is 83.3 Å². The fraction of sp³-hybridized carbons (Fsp3) is 0.857.